The number of carbonyl (C=O) groups excluding carboxylic acids is 4. The van der Waals surface area contributed by atoms with Crippen molar-refractivity contribution < 1.29 is 19.2 Å². The molecule has 0 heterocycles. The number of carbonyl (C=O) groups is 4. The summed E-state index contributed by atoms with van der Waals surface area (Å²) in [5.41, 5.74) is 0. The number of ketones is 1. The Hall–Kier alpha value is -1.92. The highest BCUT2D eigenvalue weighted by molar-refractivity contribution is 5.88. The van der Waals surface area contributed by atoms with E-state index in [2.05, 4.69) is 16.0 Å². The zero-order chi connectivity index (χ0) is 11.7. The molecule has 7 heteroatoms. The fourth-order valence-corrected chi connectivity index (χ4v) is 0.661. The Kier molecular flexibility index (Phi) is 6.52. The molecule has 0 fully saturated rings. The van der Waals surface area contributed by atoms with E-state index >= 15 is 0 Å². The summed E-state index contributed by atoms with van der Waals surface area (Å²) in [4.78, 5) is 42.1. The summed E-state index contributed by atoms with van der Waals surface area (Å²) in [6.45, 7) is 0.893. The van der Waals surface area contributed by atoms with Crippen LogP contribution in [0.5, 0.6) is 0 Å². The monoisotopic (exact) mass is 215 g/mol. The van der Waals surface area contributed by atoms with Crippen LogP contribution in [0.3, 0.4) is 0 Å². The molecule has 0 aromatic heterocycles. The predicted molar refractivity (Wildman–Crippen MR) is 50.8 cm³/mol. The summed E-state index contributed by atoms with van der Waals surface area (Å²) < 4.78 is 0. The lowest BCUT2D eigenvalue weighted by atomic mass is 10.4. The van der Waals surface area contributed by atoms with Gasteiger partial charge in [-0.1, -0.05) is 0 Å². The topological polar surface area (TPSA) is 104 Å². The van der Waals surface area contributed by atoms with E-state index < -0.39 is 11.8 Å². The quantitative estimate of drug-likeness (QED) is 0.410. The molecule has 0 saturated carbocycles. The Balaban J connectivity index is 3.57. The normalized spacial score (nSPS) is 8.87. The molecule has 0 atom stereocenters. The van der Waals surface area contributed by atoms with Crippen LogP contribution in [-0.4, -0.2) is 43.6 Å². The second kappa shape index (κ2) is 7.48. The molecule has 0 spiro atoms. The van der Waals surface area contributed by atoms with E-state index in [4.69, 9.17) is 0 Å². The van der Waals surface area contributed by atoms with Gasteiger partial charge in [-0.3, -0.25) is 19.2 Å². The molecule has 3 N–H and O–H groups in total. The molecular formula is C8H13N3O4. The number of amides is 3. The molecule has 15 heavy (non-hydrogen) atoms. The van der Waals surface area contributed by atoms with Gasteiger partial charge >= 0.3 is 0 Å². The van der Waals surface area contributed by atoms with Crippen LogP contribution in [0.15, 0.2) is 0 Å². The molecule has 7 nitrogen and oxygen atoms in total. The molecule has 0 aliphatic rings. The van der Waals surface area contributed by atoms with Crippen molar-refractivity contribution in [2.45, 2.75) is 6.92 Å². The maximum Gasteiger partial charge on any atom is 0.239 e. The smallest absolute Gasteiger partial charge is 0.239 e. The van der Waals surface area contributed by atoms with Crippen molar-refractivity contribution in [1.82, 2.24) is 16.0 Å². The van der Waals surface area contributed by atoms with Crippen LogP contribution in [0.4, 0.5) is 0 Å². The van der Waals surface area contributed by atoms with E-state index in [0.29, 0.717) is 6.41 Å². The third-order valence-corrected chi connectivity index (χ3v) is 1.33. The van der Waals surface area contributed by atoms with Crippen LogP contribution in [0.1, 0.15) is 6.92 Å². The molecular weight excluding hydrogens is 202 g/mol. The van der Waals surface area contributed by atoms with Gasteiger partial charge in [-0.15, -0.1) is 0 Å². The summed E-state index contributed by atoms with van der Waals surface area (Å²) in [6, 6.07) is 0. The average molecular weight is 215 g/mol. The molecule has 0 aromatic rings. The Morgan fingerprint density at radius 3 is 2.07 bits per heavy atom. The van der Waals surface area contributed by atoms with Gasteiger partial charge in [0.25, 0.3) is 0 Å². The fraction of sp³-hybridized carbons (Fsp3) is 0.500. The first-order valence-electron chi connectivity index (χ1n) is 4.26. The third kappa shape index (κ3) is 8.41. The van der Waals surface area contributed by atoms with Crippen molar-refractivity contribution in [3.05, 3.63) is 0 Å². The fourth-order valence-electron chi connectivity index (χ4n) is 0.661. The van der Waals surface area contributed by atoms with Crippen molar-refractivity contribution in [3.8, 4) is 0 Å². The van der Waals surface area contributed by atoms with Crippen LogP contribution in [0.25, 0.3) is 0 Å². The maximum absolute atomic E-state index is 11.0. The van der Waals surface area contributed by atoms with E-state index in [9.17, 15) is 19.2 Å². The minimum atomic E-state index is -0.472. The second-order valence-electron chi connectivity index (χ2n) is 2.75. The third-order valence-electron chi connectivity index (χ3n) is 1.33. The van der Waals surface area contributed by atoms with Crippen molar-refractivity contribution >= 4 is 24.0 Å². The number of nitrogens with one attached hydrogen (secondary N) is 3. The lowest BCUT2D eigenvalue weighted by molar-refractivity contribution is -0.127. The Morgan fingerprint density at radius 2 is 1.53 bits per heavy atom. The minimum absolute atomic E-state index is 0.0543. The van der Waals surface area contributed by atoms with E-state index in [1.165, 1.54) is 6.92 Å². The Morgan fingerprint density at radius 1 is 1.00 bits per heavy atom. The van der Waals surface area contributed by atoms with Crippen molar-refractivity contribution in [2.75, 3.05) is 19.6 Å². The standard InChI is InChI=1S/C8H13N3O4/c1-6(13)2-10-8(15)4-11-7(14)3-9-5-12/h5H,2-4H2,1H3,(H,9,12)(H,10,15)(H,11,14). The molecule has 3 amide bonds. The van der Waals surface area contributed by atoms with E-state index in [-0.39, 0.29) is 25.4 Å². The maximum atomic E-state index is 11.0. The molecule has 0 saturated heterocycles. The van der Waals surface area contributed by atoms with E-state index in [1.807, 2.05) is 0 Å². The van der Waals surface area contributed by atoms with E-state index in [0.717, 1.165) is 0 Å². The summed E-state index contributed by atoms with van der Waals surface area (Å²) in [7, 11) is 0. The largest absolute Gasteiger partial charge is 0.350 e. The molecule has 0 aliphatic carbocycles. The lowest BCUT2D eigenvalue weighted by Gasteiger charge is -2.04. The van der Waals surface area contributed by atoms with Crippen LogP contribution in [0, 0.1) is 0 Å². The zero-order valence-electron chi connectivity index (χ0n) is 8.33. The van der Waals surface area contributed by atoms with Gasteiger partial charge in [0, 0.05) is 0 Å². The van der Waals surface area contributed by atoms with Gasteiger partial charge in [-0.2, -0.15) is 0 Å². The van der Waals surface area contributed by atoms with Crippen LogP contribution >= 0.6 is 0 Å². The zero-order valence-corrected chi connectivity index (χ0v) is 8.33. The molecule has 0 bridgehead atoms. The van der Waals surface area contributed by atoms with Gasteiger partial charge in [0.2, 0.25) is 18.2 Å². The SMILES string of the molecule is CC(=O)CNC(=O)CNC(=O)CNC=O. The van der Waals surface area contributed by atoms with Crippen LogP contribution in [-0.2, 0) is 19.2 Å². The molecule has 0 aromatic carbocycles. The second-order valence-corrected chi connectivity index (χ2v) is 2.75. The highest BCUT2D eigenvalue weighted by Gasteiger charge is 2.04. The summed E-state index contributed by atoms with van der Waals surface area (Å²) in [6.07, 6.45) is 0.384. The van der Waals surface area contributed by atoms with Crippen LogP contribution < -0.4 is 16.0 Å². The molecule has 84 valence electrons. The molecule has 0 rings (SSSR count). The van der Waals surface area contributed by atoms with Gasteiger partial charge in [-0.05, 0) is 6.92 Å². The van der Waals surface area contributed by atoms with Crippen molar-refractivity contribution in [1.29, 1.82) is 0 Å². The van der Waals surface area contributed by atoms with Crippen LogP contribution in [0.2, 0.25) is 0 Å². The van der Waals surface area contributed by atoms with Gasteiger partial charge < -0.3 is 16.0 Å². The average Bonchev–Trinajstić information content (AvgIpc) is 2.20. The first-order valence-corrected chi connectivity index (χ1v) is 4.26. The number of hydrogen-bond donors (Lipinski definition) is 3. The summed E-state index contributed by atoms with van der Waals surface area (Å²) in [5, 5.41) is 6.70. The molecule has 0 radical (unpaired) electrons. The predicted octanol–water partition coefficient (Wildman–Crippen LogP) is -2.45. The van der Waals surface area contributed by atoms with Crippen molar-refractivity contribution in [3.63, 3.8) is 0 Å². The van der Waals surface area contributed by atoms with Gasteiger partial charge in [-0.25, -0.2) is 0 Å². The minimum Gasteiger partial charge on any atom is -0.350 e. The summed E-state index contributed by atoms with van der Waals surface area (Å²) in [5.74, 6) is -1.10. The number of hydrogen-bond acceptors (Lipinski definition) is 4. The highest BCUT2D eigenvalue weighted by Crippen LogP contribution is 1.68. The van der Waals surface area contributed by atoms with E-state index in [1.54, 1.807) is 0 Å². The number of Topliss-reactive ketones (excluding diaryl/α,β-unsaturated/α-hetero) is 1. The van der Waals surface area contributed by atoms with Gasteiger partial charge in [0.05, 0.1) is 19.6 Å². The first-order chi connectivity index (χ1) is 7.06. The van der Waals surface area contributed by atoms with Gasteiger partial charge in [0.1, 0.15) is 5.78 Å². The molecule has 0 unspecified atom stereocenters. The molecule has 0 aliphatic heterocycles. The highest BCUT2D eigenvalue weighted by atomic mass is 16.2. The van der Waals surface area contributed by atoms with Gasteiger partial charge in [0.15, 0.2) is 0 Å². The number of rotatable bonds is 7. The summed E-state index contributed by atoms with van der Waals surface area (Å²) >= 11 is 0. The lowest BCUT2D eigenvalue weighted by Crippen LogP contribution is -2.41. The Labute approximate surface area is 86.6 Å². The Bertz CT molecular complexity index is 265. The van der Waals surface area contributed by atoms with Crippen molar-refractivity contribution in [2.24, 2.45) is 0 Å². The first kappa shape index (κ1) is 13.1.